The van der Waals surface area contributed by atoms with Gasteiger partial charge in [0.15, 0.2) is 0 Å². The second kappa shape index (κ2) is 5.69. The molecule has 1 N–H and O–H groups in total. The molecule has 2 rings (SSSR count). The second-order valence-corrected chi connectivity index (χ2v) is 4.84. The molecule has 0 radical (unpaired) electrons. The largest absolute Gasteiger partial charge is 0.478 e. The molecule has 1 fully saturated rings. The van der Waals surface area contributed by atoms with Crippen molar-refractivity contribution in [3.05, 3.63) is 41.5 Å². The molecule has 1 saturated heterocycles. The summed E-state index contributed by atoms with van der Waals surface area (Å²) < 4.78 is 0. The van der Waals surface area contributed by atoms with Gasteiger partial charge in [0.1, 0.15) is 0 Å². The maximum Gasteiger partial charge on any atom is 0.328 e. The van der Waals surface area contributed by atoms with Crippen LogP contribution in [-0.2, 0) is 20.9 Å². The van der Waals surface area contributed by atoms with Gasteiger partial charge in [-0.15, -0.1) is 0 Å². The normalized spacial score (nSPS) is 19.1. The Bertz CT molecular complexity index is 591. The number of likely N-dealkylation sites (tertiary alicyclic amines) is 1. The maximum atomic E-state index is 11.8. The molecule has 0 aliphatic carbocycles. The number of nitrogens with zero attached hydrogens (tertiary/aromatic N) is 1. The van der Waals surface area contributed by atoms with E-state index in [2.05, 4.69) is 0 Å². The predicted molar refractivity (Wildman–Crippen MR) is 72.4 cm³/mol. The second-order valence-electron chi connectivity index (χ2n) is 4.84. The third-order valence-electron chi connectivity index (χ3n) is 3.18. The molecule has 1 aromatic carbocycles. The molecule has 0 bridgehead atoms. The summed E-state index contributed by atoms with van der Waals surface area (Å²) >= 11 is 0. The minimum Gasteiger partial charge on any atom is -0.478 e. The van der Waals surface area contributed by atoms with E-state index in [4.69, 9.17) is 5.11 Å². The summed E-state index contributed by atoms with van der Waals surface area (Å²) in [6.45, 7) is 1.98. The molecular formula is C15H15NO4. The molecule has 1 aliphatic heterocycles. The number of hydrogen-bond donors (Lipinski definition) is 1. The van der Waals surface area contributed by atoms with Gasteiger partial charge >= 0.3 is 5.97 Å². The molecule has 5 nitrogen and oxygen atoms in total. The highest BCUT2D eigenvalue weighted by Gasteiger charge is 2.35. The van der Waals surface area contributed by atoms with E-state index in [1.165, 1.54) is 11.0 Å². The third-order valence-corrected chi connectivity index (χ3v) is 3.18. The number of imide groups is 1. The number of aliphatic carboxylic acids is 1. The van der Waals surface area contributed by atoms with Gasteiger partial charge in [-0.3, -0.25) is 14.5 Å². The first-order valence-corrected chi connectivity index (χ1v) is 6.31. The Balaban J connectivity index is 2.14. The highest BCUT2D eigenvalue weighted by Crippen LogP contribution is 2.21. The summed E-state index contributed by atoms with van der Waals surface area (Å²) in [5.74, 6) is -1.58. The standard InChI is InChI=1S/C15H15NO4/c1-10-7-13(17)16(15(10)20)9-12-4-2-3-11(8-12)5-6-14(18)19/h2-6,8,10H,7,9H2,1H3,(H,18,19). The van der Waals surface area contributed by atoms with Crippen LogP contribution in [0.2, 0.25) is 0 Å². The van der Waals surface area contributed by atoms with E-state index in [1.807, 2.05) is 6.07 Å². The van der Waals surface area contributed by atoms with Crippen molar-refractivity contribution in [2.24, 2.45) is 5.92 Å². The average Bonchev–Trinajstić information content (AvgIpc) is 2.64. The van der Waals surface area contributed by atoms with E-state index >= 15 is 0 Å². The molecule has 0 saturated carbocycles. The van der Waals surface area contributed by atoms with Crippen LogP contribution < -0.4 is 0 Å². The zero-order valence-electron chi connectivity index (χ0n) is 11.1. The van der Waals surface area contributed by atoms with Crippen LogP contribution in [0.15, 0.2) is 30.3 Å². The molecule has 2 amide bonds. The molecule has 1 heterocycles. The number of benzene rings is 1. The number of hydrogen-bond acceptors (Lipinski definition) is 3. The SMILES string of the molecule is CC1CC(=O)N(Cc2cccc(C=CC(=O)O)c2)C1=O. The van der Waals surface area contributed by atoms with Crippen molar-refractivity contribution in [3.63, 3.8) is 0 Å². The number of rotatable bonds is 4. The molecule has 1 aromatic rings. The summed E-state index contributed by atoms with van der Waals surface area (Å²) in [5.41, 5.74) is 1.52. The highest BCUT2D eigenvalue weighted by molar-refractivity contribution is 6.03. The van der Waals surface area contributed by atoms with Crippen molar-refractivity contribution in [1.82, 2.24) is 4.90 Å². The van der Waals surface area contributed by atoms with Gasteiger partial charge in [-0.25, -0.2) is 4.79 Å². The van der Waals surface area contributed by atoms with E-state index in [9.17, 15) is 14.4 Å². The number of carboxylic acids is 1. The summed E-state index contributed by atoms with van der Waals surface area (Å²) in [7, 11) is 0. The number of amides is 2. The van der Waals surface area contributed by atoms with Crippen molar-refractivity contribution in [1.29, 1.82) is 0 Å². The minimum atomic E-state index is -1.02. The van der Waals surface area contributed by atoms with Crippen LogP contribution in [0.3, 0.4) is 0 Å². The van der Waals surface area contributed by atoms with Gasteiger partial charge in [0.05, 0.1) is 6.54 Å². The van der Waals surface area contributed by atoms with Gasteiger partial charge in [-0.05, 0) is 23.3 Å². The van der Waals surface area contributed by atoms with Crippen molar-refractivity contribution in [2.45, 2.75) is 19.9 Å². The molecule has 0 aromatic heterocycles. The Morgan fingerprint density at radius 2 is 2.20 bits per heavy atom. The van der Waals surface area contributed by atoms with Crippen LogP contribution in [0.4, 0.5) is 0 Å². The zero-order valence-corrected chi connectivity index (χ0v) is 11.1. The molecule has 0 spiro atoms. The fraction of sp³-hybridized carbons (Fsp3) is 0.267. The smallest absolute Gasteiger partial charge is 0.328 e. The van der Waals surface area contributed by atoms with E-state index < -0.39 is 5.97 Å². The van der Waals surface area contributed by atoms with Crippen molar-refractivity contribution in [3.8, 4) is 0 Å². The highest BCUT2D eigenvalue weighted by atomic mass is 16.4. The van der Waals surface area contributed by atoms with Crippen molar-refractivity contribution >= 4 is 23.9 Å². The van der Waals surface area contributed by atoms with Crippen LogP contribution >= 0.6 is 0 Å². The summed E-state index contributed by atoms with van der Waals surface area (Å²) in [6, 6.07) is 7.11. The average molecular weight is 273 g/mol. The quantitative estimate of drug-likeness (QED) is 0.669. The fourth-order valence-electron chi connectivity index (χ4n) is 2.16. The Labute approximate surface area is 116 Å². The first-order chi connectivity index (χ1) is 9.47. The summed E-state index contributed by atoms with van der Waals surface area (Å²) in [5, 5.41) is 8.59. The Morgan fingerprint density at radius 3 is 2.80 bits per heavy atom. The number of carboxylic acid groups (broad SMARTS) is 1. The van der Waals surface area contributed by atoms with Gasteiger partial charge in [-0.2, -0.15) is 0 Å². The van der Waals surface area contributed by atoms with Gasteiger partial charge in [0.2, 0.25) is 11.8 Å². The van der Waals surface area contributed by atoms with Crippen LogP contribution in [-0.4, -0.2) is 27.8 Å². The van der Waals surface area contributed by atoms with E-state index in [0.29, 0.717) is 0 Å². The molecular weight excluding hydrogens is 258 g/mol. The topological polar surface area (TPSA) is 74.7 Å². The predicted octanol–water partition coefficient (Wildman–Crippen LogP) is 1.68. The third kappa shape index (κ3) is 3.12. The lowest BCUT2D eigenvalue weighted by atomic mass is 10.1. The number of carbonyl (C=O) groups excluding carboxylic acids is 2. The van der Waals surface area contributed by atoms with Crippen molar-refractivity contribution in [2.75, 3.05) is 0 Å². The molecule has 1 unspecified atom stereocenters. The Hall–Kier alpha value is -2.43. The minimum absolute atomic E-state index is 0.151. The van der Waals surface area contributed by atoms with E-state index in [0.717, 1.165) is 17.2 Å². The lowest BCUT2D eigenvalue weighted by molar-refractivity contribution is -0.140. The molecule has 20 heavy (non-hydrogen) atoms. The van der Waals surface area contributed by atoms with Crippen LogP contribution in [0, 0.1) is 5.92 Å². The van der Waals surface area contributed by atoms with Crippen LogP contribution in [0.1, 0.15) is 24.5 Å². The maximum absolute atomic E-state index is 11.8. The molecule has 5 heteroatoms. The van der Waals surface area contributed by atoms with E-state index in [1.54, 1.807) is 25.1 Å². The van der Waals surface area contributed by atoms with Crippen molar-refractivity contribution < 1.29 is 19.5 Å². The lowest BCUT2D eigenvalue weighted by Crippen LogP contribution is -2.29. The Kier molecular flexibility index (Phi) is 3.98. The van der Waals surface area contributed by atoms with Gasteiger partial charge in [0.25, 0.3) is 0 Å². The van der Waals surface area contributed by atoms with E-state index in [-0.39, 0.29) is 30.7 Å². The van der Waals surface area contributed by atoms with Gasteiger partial charge in [0, 0.05) is 18.4 Å². The number of carbonyl (C=O) groups is 3. The molecule has 104 valence electrons. The monoisotopic (exact) mass is 273 g/mol. The van der Waals surface area contributed by atoms with Crippen LogP contribution in [0.5, 0.6) is 0 Å². The summed E-state index contributed by atoms with van der Waals surface area (Å²) in [4.78, 5) is 35.3. The van der Waals surface area contributed by atoms with Crippen LogP contribution in [0.25, 0.3) is 6.08 Å². The fourth-order valence-corrected chi connectivity index (χ4v) is 2.16. The first-order valence-electron chi connectivity index (χ1n) is 6.31. The Morgan fingerprint density at radius 1 is 1.45 bits per heavy atom. The van der Waals surface area contributed by atoms with Gasteiger partial charge in [-0.1, -0.05) is 25.1 Å². The lowest BCUT2D eigenvalue weighted by Gasteiger charge is -2.14. The molecule has 1 atom stereocenters. The first kappa shape index (κ1) is 14.0. The molecule has 1 aliphatic rings. The summed E-state index contributed by atoms with van der Waals surface area (Å²) in [6.07, 6.45) is 2.78. The zero-order chi connectivity index (χ0) is 14.7. The van der Waals surface area contributed by atoms with Gasteiger partial charge < -0.3 is 5.11 Å².